The summed E-state index contributed by atoms with van der Waals surface area (Å²) in [7, 11) is -3.74. The first kappa shape index (κ1) is 20.6. The Balaban J connectivity index is 1.83. The Morgan fingerprint density at radius 2 is 1.78 bits per heavy atom. The van der Waals surface area contributed by atoms with Crippen LogP contribution in [0.15, 0.2) is 17.0 Å². The minimum absolute atomic E-state index is 0.0600. The van der Waals surface area contributed by atoms with E-state index in [0.717, 1.165) is 25.2 Å². The molecule has 1 atom stereocenters. The molecule has 6 nitrogen and oxygen atoms in total. The highest BCUT2D eigenvalue weighted by Crippen LogP contribution is 2.31. The number of nitrogens with zero attached hydrogens (tertiary/aromatic N) is 3. The average Bonchev–Trinajstić information content (AvgIpc) is 3.14. The molecule has 2 aliphatic heterocycles. The lowest BCUT2D eigenvalue weighted by Crippen LogP contribution is -2.54. The van der Waals surface area contributed by atoms with Crippen LogP contribution in [0.25, 0.3) is 0 Å². The van der Waals surface area contributed by atoms with E-state index in [-0.39, 0.29) is 10.8 Å². The van der Waals surface area contributed by atoms with Gasteiger partial charge in [0.25, 0.3) is 0 Å². The molecule has 0 spiro atoms. The maximum Gasteiger partial charge on any atom is 0.244 e. The van der Waals surface area contributed by atoms with Gasteiger partial charge >= 0.3 is 0 Å². The van der Waals surface area contributed by atoms with E-state index in [0.29, 0.717) is 43.1 Å². The topological polar surface area (TPSA) is 60.9 Å². The second kappa shape index (κ2) is 8.07. The Hall–Kier alpha value is -1.15. The Morgan fingerprint density at radius 3 is 2.41 bits per heavy atom. The lowest BCUT2D eigenvalue weighted by Gasteiger charge is -2.36. The lowest BCUT2D eigenvalue weighted by atomic mass is 10.2. The van der Waals surface area contributed by atoms with Crippen LogP contribution in [0.3, 0.4) is 0 Å². The van der Waals surface area contributed by atoms with Gasteiger partial charge in [0.15, 0.2) is 0 Å². The van der Waals surface area contributed by atoms with Gasteiger partial charge in [0.1, 0.15) is 6.04 Å². The number of hydrogen-bond donors (Lipinski definition) is 0. The van der Waals surface area contributed by atoms with Crippen molar-refractivity contribution < 1.29 is 13.2 Å². The van der Waals surface area contributed by atoms with Gasteiger partial charge in [-0.2, -0.15) is 4.31 Å². The molecule has 1 aromatic rings. The van der Waals surface area contributed by atoms with Gasteiger partial charge in [0.05, 0.1) is 4.90 Å². The first-order valence-corrected chi connectivity index (χ1v) is 11.4. The summed E-state index contributed by atoms with van der Waals surface area (Å²) in [6.45, 7) is 10.0. The molecule has 1 unspecified atom stereocenters. The largest absolute Gasteiger partial charge is 0.339 e. The van der Waals surface area contributed by atoms with Crippen molar-refractivity contribution in [3.63, 3.8) is 0 Å². The number of rotatable bonds is 4. The summed E-state index contributed by atoms with van der Waals surface area (Å²) in [6.07, 6.45) is 1.29. The quantitative estimate of drug-likeness (QED) is 0.759. The van der Waals surface area contributed by atoms with Gasteiger partial charge in [-0.25, -0.2) is 8.42 Å². The van der Waals surface area contributed by atoms with Crippen molar-refractivity contribution in [2.45, 2.75) is 44.6 Å². The fourth-order valence-electron chi connectivity index (χ4n) is 3.93. The zero-order valence-corrected chi connectivity index (χ0v) is 17.8. The average molecular weight is 414 g/mol. The van der Waals surface area contributed by atoms with E-state index in [1.807, 2.05) is 4.90 Å². The highest BCUT2D eigenvalue weighted by Gasteiger charge is 2.42. The molecule has 0 N–H and O–H groups in total. The van der Waals surface area contributed by atoms with Crippen molar-refractivity contribution in [3.05, 3.63) is 28.3 Å². The molecule has 1 aromatic carbocycles. The number of aryl methyl sites for hydroxylation is 2. The van der Waals surface area contributed by atoms with E-state index in [4.69, 9.17) is 11.6 Å². The van der Waals surface area contributed by atoms with Gasteiger partial charge < -0.3 is 9.80 Å². The first-order valence-electron chi connectivity index (χ1n) is 9.55. The van der Waals surface area contributed by atoms with E-state index >= 15 is 0 Å². The molecule has 0 bridgehead atoms. The number of amides is 1. The Morgan fingerprint density at radius 1 is 1.11 bits per heavy atom. The summed E-state index contributed by atoms with van der Waals surface area (Å²) in [5.41, 5.74) is 1.33. The Kier molecular flexibility index (Phi) is 6.15. The van der Waals surface area contributed by atoms with Crippen LogP contribution in [0, 0.1) is 13.8 Å². The number of benzene rings is 1. The van der Waals surface area contributed by atoms with Crippen molar-refractivity contribution in [1.29, 1.82) is 0 Å². The highest BCUT2D eigenvalue weighted by molar-refractivity contribution is 7.89. The number of hydrogen-bond acceptors (Lipinski definition) is 4. The predicted molar refractivity (Wildman–Crippen MR) is 107 cm³/mol. The molecule has 2 fully saturated rings. The van der Waals surface area contributed by atoms with E-state index in [1.165, 1.54) is 4.31 Å². The molecular formula is C19H28ClN3O3S. The molecule has 150 valence electrons. The number of piperazine rings is 1. The van der Waals surface area contributed by atoms with Crippen LogP contribution in [0.1, 0.15) is 30.9 Å². The molecule has 3 rings (SSSR count). The summed E-state index contributed by atoms with van der Waals surface area (Å²) in [4.78, 5) is 17.4. The van der Waals surface area contributed by atoms with Crippen LogP contribution in [0.5, 0.6) is 0 Å². The zero-order chi connectivity index (χ0) is 19.8. The molecular weight excluding hydrogens is 386 g/mol. The SMILES string of the molecule is CCN1CCN(C(=O)C2CCCN2S(=O)(=O)c2cc(C)c(Cl)cc2C)CC1. The third-order valence-electron chi connectivity index (χ3n) is 5.66. The summed E-state index contributed by atoms with van der Waals surface area (Å²) in [6, 6.07) is 2.70. The molecule has 2 heterocycles. The molecule has 0 saturated carbocycles. The van der Waals surface area contributed by atoms with Gasteiger partial charge in [-0.3, -0.25) is 4.79 Å². The second-order valence-electron chi connectivity index (χ2n) is 7.40. The summed E-state index contributed by atoms with van der Waals surface area (Å²) >= 11 is 6.13. The molecule has 0 aliphatic carbocycles. The van der Waals surface area contributed by atoms with Crippen molar-refractivity contribution in [1.82, 2.24) is 14.1 Å². The Bertz CT molecular complexity index is 820. The molecule has 2 saturated heterocycles. The number of carbonyl (C=O) groups is 1. The van der Waals surface area contributed by atoms with Crippen LogP contribution in [-0.2, 0) is 14.8 Å². The van der Waals surface area contributed by atoms with Crippen LogP contribution in [0.2, 0.25) is 5.02 Å². The van der Waals surface area contributed by atoms with Gasteiger partial charge in [-0.15, -0.1) is 0 Å². The highest BCUT2D eigenvalue weighted by atomic mass is 35.5. The monoisotopic (exact) mass is 413 g/mol. The minimum Gasteiger partial charge on any atom is -0.339 e. The van der Waals surface area contributed by atoms with Crippen LogP contribution in [0.4, 0.5) is 0 Å². The number of sulfonamides is 1. The number of likely N-dealkylation sites (N-methyl/N-ethyl adjacent to an activating group) is 1. The van der Waals surface area contributed by atoms with Crippen LogP contribution in [-0.4, -0.2) is 73.7 Å². The van der Waals surface area contributed by atoms with Crippen molar-refractivity contribution in [2.24, 2.45) is 0 Å². The Labute approximate surface area is 167 Å². The number of halogens is 1. The van der Waals surface area contributed by atoms with Gasteiger partial charge in [-0.05, 0) is 56.5 Å². The fraction of sp³-hybridized carbons (Fsp3) is 0.632. The maximum atomic E-state index is 13.3. The lowest BCUT2D eigenvalue weighted by molar-refractivity contribution is -0.136. The predicted octanol–water partition coefficient (Wildman–Crippen LogP) is 2.27. The van der Waals surface area contributed by atoms with E-state index in [1.54, 1.807) is 26.0 Å². The van der Waals surface area contributed by atoms with Gasteiger partial charge in [0.2, 0.25) is 15.9 Å². The van der Waals surface area contributed by atoms with Crippen molar-refractivity contribution >= 4 is 27.5 Å². The maximum absolute atomic E-state index is 13.3. The van der Waals surface area contributed by atoms with Gasteiger partial charge in [-0.1, -0.05) is 18.5 Å². The molecule has 0 aromatic heterocycles. The minimum atomic E-state index is -3.74. The van der Waals surface area contributed by atoms with Gasteiger partial charge in [0, 0.05) is 37.7 Å². The standard InChI is InChI=1S/C19H28ClN3O3S/c1-4-21-8-10-22(11-9-21)19(24)17-6-5-7-23(17)27(25,26)18-13-14(2)16(20)12-15(18)3/h12-13,17H,4-11H2,1-3H3. The second-order valence-corrected chi connectivity index (χ2v) is 9.67. The smallest absolute Gasteiger partial charge is 0.244 e. The van der Waals surface area contributed by atoms with E-state index in [2.05, 4.69) is 11.8 Å². The third kappa shape index (κ3) is 4.01. The van der Waals surface area contributed by atoms with Crippen molar-refractivity contribution in [2.75, 3.05) is 39.3 Å². The molecule has 27 heavy (non-hydrogen) atoms. The molecule has 0 radical (unpaired) electrons. The van der Waals surface area contributed by atoms with E-state index in [9.17, 15) is 13.2 Å². The summed E-state index contributed by atoms with van der Waals surface area (Å²) in [5.74, 6) is -0.0600. The third-order valence-corrected chi connectivity index (χ3v) is 8.12. The normalized spacial score (nSPS) is 22.4. The van der Waals surface area contributed by atoms with E-state index < -0.39 is 16.1 Å². The van der Waals surface area contributed by atoms with Crippen LogP contribution >= 0.6 is 11.6 Å². The van der Waals surface area contributed by atoms with Crippen molar-refractivity contribution in [3.8, 4) is 0 Å². The van der Waals surface area contributed by atoms with Crippen LogP contribution < -0.4 is 0 Å². The summed E-state index contributed by atoms with van der Waals surface area (Å²) in [5, 5.41) is 0.550. The summed E-state index contributed by atoms with van der Waals surface area (Å²) < 4.78 is 28.0. The molecule has 8 heteroatoms. The number of carbonyl (C=O) groups excluding carboxylic acids is 1. The fourth-order valence-corrected chi connectivity index (χ4v) is 6.09. The molecule has 2 aliphatic rings. The molecule has 1 amide bonds. The zero-order valence-electron chi connectivity index (χ0n) is 16.2. The first-order chi connectivity index (χ1) is 12.8.